The van der Waals surface area contributed by atoms with Gasteiger partial charge in [0.15, 0.2) is 5.76 Å². The molecule has 122 valence electrons. The number of rotatable bonds is 5. The third kappa shape index (κ3) is 4.00. The quantitative estimate of drug-likeness (QED) is 0.761. The Bertz CT molecular complexity index is 846. The molecular weight excluding hydrogens is 331 g/mol. The van der Waals surface area contributed by atoms with Gasteiger partial charge in [0.2, 0.25) is 5.91 Å². The molecule has 1 aromatic heterocycles. The van der Waals surface area contributed by atoms with Crippen LogP contribution in [0.25, 0.3) is 11.3 Å². The molecule has 0 saturated heterocycles. The summed E-state index contributed by atoms with van der Waals surface area (Å²) in [5.74, 6) is -0.0183. The summed E-state index contributed by atoms with van der Waals surface area (Å²) in [6.45, 7) is 0.348. The highest BCUT2D eigenvalue weighted by Crippen LogP contribution is 2.21. The number of halogens is 2. The third-order valence-corrected chi connectivity index (χ3v) is 3.83. The van der Waals surface area contributed by atoms with E-state index in [4.69, 9.17) is 16.1 Å². The van der Waals surface area contributed by atoms with Crippen molar-refractivity contribution < 1.29 is 13.7 Å². The van der Waals surface area contributed by atoms with Gasteiger partial charge in [0.25, 0.3) is 0 Å². The van der Waals surface area contributed by atoms with Crippen LogP contribution in [-0.4, -0.2) is 11.1 Å². The van der Waals surface area contributed by atoms with E-state index in [1.807, 2.05) is 18.2 Å². The number of nitrogens with one attached hydrogen (secondary N) is 1. The third-order valence-electron chi connectivity index (χ3n) is 3.46. The van der Waals surface area contributed by atoms with Gasteiger partial charge >= 0.3 is 0 Å². The predicted octanol–water partition coefficient (Wildman–Crippen LogP) is 3.99. The van der Waals surface area contributed by atoms with E-state index in [-0.39, 0.29) is 18.1 Å². The highest BCUT2D eigenvalue weighted by Gasteiger charge is 2.11. The summed E-state index contributed by atoms with van der Waals surface area (Å²) in [4.78, 5) is 12.0. The summed E-state index contributed by atoms with van der Waals surface area (Å²) in [5.41, 5.74) is 2.05. The monoisotopic (exact) mass is 344 g/mol. The second-order valence-corrected chi connectivity index (χ2v) is 5.64. The SMILES string of the molecule is O=C(Cc1cc(-c2ccc(F)cc2)on1)NCc1ccccc1Cl. The molecule has 2 aromatic carbocycles. The molecule has 1 amide bonds. The number of benzene rings is 2. The molecule has 0 radical (unpaired) electrons. The van der Waals surface area contributed by atoms with E-state index in [0.717, 1.165) is 5.56 Å². The van der Waals surface area contributed by atoms with Crippen molar-refractivity contribution in [2.75, 3.05) is 0 Å². The Kier molecular flexibility index (Phi) is 4.91. The molecule has 0 unspecified atom stereocenters. The molecule has 0 atom stereocenters. The van der Waals surface area contributed by atoms with Gasteiger partial charge in [0.05, 0.1) is 12.1 Å². The Morgan fingerprint density at radius 2 is 1.92 bits per heavy atom. The van der Waals surface area contributed by atoms with Gasteiger partial charge in [-0.2, -0.15) is 0 Å². The summed E-state index contributed by atoms with van der Waals surface area (Å²) in [6, 6.07) is 14.9. The number of carbonyl (C=O) groups excluding carboxylic acids is 1. The van der Waals surface area contributed by atoms with E-state index in [1.165, 1.54) is 12.1 Å². The molecule has 1 heterocycles. The minimum atomic E-state index is -0.322. The first-order valence-corrected chi connectivity index (χ1v) is 7.71. The van der Waals surface area contributed by atoms with Crippen LogP contribution in [0.1, 0.15) is 11.3 Å². The first-order valence-electron chi connectivity index (χ1n) is 7.33. The van der Waals surface area contributed by atoms with Crippen LogP contribution in [0, 0.1) is 5.82 Å². The Morgan fingerprint density at radius 1 is 1.17 bits per heavy atom. The zero-order chi connectivity index (χ0) is 16.9. The molecule has 24 heavy (non-hydrogen) atoms. The zero-order valence-electron chi connectivity index (χ0n) is 12.6. The first-order chi connectivity index (χ1) is 11.6. The maximum atomic E-state index is 12.9. The molecule has 4 nitrogen and oxygen atoms in total. The molecule has 0 saturated carbocycles. The Labute approximate surface area is 143 Å². The summed E-state index contributed by atoms with van der Waals surface area (Å²) in [6.07, 6.45) is 0.0924. The van der Waals surface area contributed by atoms with Crippen LogP contribution in [-0.2, 0) is 17.8 Å². The van der Waals surface area contributed by atoms with Crippen LogP contribution in [0.2, 0.25) is 5.02 Å². The molecule has 0 bridgehead atoms. The summed E-state index contributed by atoms with van der Waals surface area (Å²) < 4.78 is 18.1. The number of hydrogen-bond acceptors (Lipinski definition) is 3. The van der Waals surface area contributed by atoms with E-state index < -0.39 is 0 Å². The lowest BCUT2D eigenvalue weighted by molar-refractivity contribution is -0.120. The number of hydrogen-bond donors (Lipinski definition) is 1. The van der Waals surface area contributed by atoms with Gasteiger partial charge in [-0.15, -0.1) is 0 Å². The average Bonchev–Trinajstić information content (AvgIpc) is 3.03. The van der Waals surface area contributed by atoms with Gasteiger partial charge in [0.1, 0.15) is 5.82 Å². The average molecular weight is 345 g/mol. The van der Waals surface area contributed by atoms with E-state index in [0.29, 0.717) is 28.6 Å². The molecule has 0 fully saturated rings. The fraction of sp³-hybridized carbons (Fsp3) is 0.111. The molecule has 0 aliphatic rings. The molecule has 3 aromatic rings. The largest absolute Gasteiger partial charge is 0.356 e. The first kappa shape index (κ1) is 16.2. The minimum absolute atomic E-state index is 0.0924. The maximum absolute atomic E-state index is 12.9. The highest BCUT2D eigenvalue weighted by atomic mass is 35.5. The maximum Gasteiger partial charge on any atom is 0.226 e. The van der Waals surface area contributed by atoms with Gasteiger partial charge in [-0.05, 0) is 35.9 Å². The standard InChI is InChI=1S/C18H14ClFN2O2/c19-16-4-2-1-3-13(16)11-21-18(23)10-15-9-17(24-22-15)12-5-7-14(20)8-6-12/h1-9H,10-11H2,(H,21,23). The molecule has 6 heteroatoms. The Balaban J connectivity index is 1.59. The van der Waals surface area contributed by atoms with Crippen molar-refractivity contribution in [3.63, 3.8) is 0 Å². The van der Waals surface area contributed by atoms with Crippen molar-refractivity contribution in [2.24, 2.45) is 0 Å². The molecule has 0 aliphatic heterocycles. The molecular formula is C18H14ClFN2O2. The number of aromatic nitrogens is 1. The minimum Gasteiger partial charge on any atom is -0.356 e. The summed E-state index contributed by atoms with van der Waals surface area (Å²) in [5, 5.41) is 7.27. The molecule has 1 N–H and O–H groups in total. The fourth-order valence-corrected chi connectivity index (χ4v) is 2.41. The highest BCUT2D eigenvalue weighted by molar-refractivity contribution is 6.31. The lowest BCUT2D eigenvalue weighted by Crippen LogP contribution is -2.24. The van der Waals surface area contributed by atoms with E-state index in [9.17, 15) is 9.18 Å². The van der Waals surface area contributed by atoms with E-state index in [1.54, 1.807) is 24.3 Å². The van der Waals surface area contributed by atoms with Crippen LogP contribution in [0.5, 0.6) is 0 Å². The van der Waals surface area contributed by atoms with Crippen LogP contribution in [0.15, 0.2) is 59.1 Å². The van der Waals surface area contributed by atoms with Crippen LogP contribution < -0.4 is 5.32 Å². The second kappa shape index (κ2) is 7.27. The van der Waals surface area contributed by atoms with Crippen molar-refractivity contribution in [1.82, 2.24) is 10.5 Å². The number of carbonyl (C=O) groups is 1. The summed E-state index contributed by atoms with van der Waals surface area (Å²) in [7, 11) is 0. The van der Waals surface area contributed by atoms with Crippen molar-refractivity contribution in [1.29, 1.82) is 0 Å². The van der Waals surface area contributed by atoms with Gasteiger partial charge < -0.3 is 9.84 Å². The second-order valence-electron chi connectivity index (χ2n) is 5.23. The van der Waals surface area contributed by atoms with Gasteiger partial charge in [-0.3, -0.25) is 4.79 Å². The van der Waals surface area contributed by atoms with Crippen molar-refractivity contribution in [2.45, 2.75) is 13.0 Å². The number of amides is 1. The summed E-state index contributed by atoms with van der Waals surface area (Å²) >= 11 is 6.04. The smallest absolute Gasteiger partial charge is 0.226 e. The van der Waals surface area contributed by atoms with Crippen LogP contribution >= 0.6 is 11.6 Å². The van der Waals surface area contributed by atoms with Crippen LogP contribution in [0.3, 0.4) is 0 Å². The lowest BCUT2D eigenvalue weighted by Gasteiger charge is -2.05. The van der Waals surface area contributed by atoms with E-state index >= 15 is 0 Å². The lowest BCUT2D eigenvalue weighted by atomic mass is 10.1. The fourth-order valence-electron chi connectivity index (χ4n) is 2.21. The van der Waals surface area contributed by atoms with Gasteiger partial charge in [-0.25, -0.2) is 4.39 Å². The normalized spacial score (nSPS) is 10.6. The van der Waals surface area contributed by atoms with Crippen molar-refractivity contribution in [3.05, 3.63) is 76.7 Å². The van der Waals surface area contributed by atoms with E-state index in [2.05, 4.69) is 10.5 Å². The molecule has 0 spiro atoms. The topological polar surface area (TPSA) is 55.1 Å². The molecule has 0 aliphatic carbocycles. The zero-order valence-corrected chi connectivity index (χ0v) is 13.4. The predicted molar refractivity (Wildman–Crippen MR) is 88.9 cm³/mol. The van der Waals surface area contributed by atoms with Crippen LogP contribution in [0.4, 0.5) is 4.39 Å². The van der Waals surface area contributed by atoms with Crippen molar-refractivity contribution in [3.8, 4) is 11.3 Å². The van der Waals surface area contributed by atoms with Crippen molar-refractivity contribution >= 4 is 17.5 Å². The van der Waals surface area contributed by atoms with Gasteiger partial charge in [-0.1, -0.05) is 35.0 Å². The van der Waals surface area contributed by atoms with Gasteiger partial charge in [0, 0.05) is 23.2 Å². The molecule has 3 rings (SSSR count). The Hall–Kier alpha value is -2.66. The Morgan fingerprint density at radius 3 is 2.67 bits per heavy atom. The number of nitrogens with zero attached hydrogens (tertiary/aromatic N) is 1.